The minimum Gasteiger partial charge on any atom is -0.493 e. The number of carbonyl (C=O) groups excluding carboxylic acids is 1. The van der Waals surface area contributed by atoms with Crippen LogP contribution in [0.5, 0.6) is 17.2 Å². The molecule has 11 heteroatoms. The van der Waals surface area contributed by atoms with Gasteiger partial charge < -0.3 is 14.2 Å². The number of nitrogens with zero attached hydrogens (tertiary/aromatic N) is 2. The summed E-state index contributed by atoms with van der Waals surface area (Å²) in [6, 6.07) is 24.4. The second kappa shape index (κ2) is 13.7. The topological polar surface area (TPSA) is 112 Å². The van der Waals surface area contributed by atoms with Gasteiger partial charge in [0.25, 0.3) is 11.6 Å². The van der Waals surface area contributed by atoms with E-state index in [0.717, 1.165) is 11.1 Å². The van der Waals surface area contributed by atoms with Gasteiger partial charge in [-0.3, -0.25) is 14.9 Å². The second-order valence-electron chi connectivity index (χ2n) is 8.36. The molecule has 0 heterocycles. The standard InChI is InChI=1S/C29H23Br2N3O6/c1-38-27-15-22(9-12-26(27)39-17-19-5-3-2-4-6-19)29(35)33-32-16-21-13-24(30)28(25(31)14-21)40-18-20-7-10-23(11-8-20)34(36)37/h2-16H,17-18H2,1H3,(H,33,35)/b32-16+. The number of methoxy groups -OCH3 is 1. The number of ether oxygens (including phenoxy) is 3. The highest BCUT2D eigenvalue weighted by molar-refractivity contribution is 9.11. The van der Waals surface area contributed by atoms with Gasteiger partial charge in [0.05, 0.1) is 27.2 Å². The van der Waals surface area contributed by atoms with Gasteiger partial charge in [-0.1, -0.05) is 30.3 Å². The van der Waals surface area contributed by atoms with E-state index in [1.165, 1.54) is 25.5 Å². The maximum Gasteiger partial charge on any atom is 0.271 e. The third kappa shape index (κ3) is 7.67. The minimum absolute atomic E-state index is 0.0193. The van der Waals surface area contributed by atoms with Gasteiger partial charge in [-0.25, -0.2) is 5.43 Å². The Labute approximate surface area is 247 Å². The van der Waals surface area contributed by atoms with Crippen LogP contribution in [0.1, 0.15) is 27.0 Å². The highest BCUT2D eigenvalue weighted by Crippen LogP contribution is 2.35. The Morgan fingerprint density at radius 3 is 2.20 bits per heavy atom. The van der Waals surface area contributed by atoms with E-state index in [2.05, 4.69) is 42.4 Å². The fourth-order valence-electron chi connectivity index (χ4n) is 3.55. The van der Waals surface area contributed by atoms with Crippen LogP contribution in [0.3, 0.4) is 0 Å². The van der Waals surface area contributed by atoms with Crippen LogP contribution in [0, 0.1) is 10.1 Å². The minimum atomic E-state index is -0.448. The lowest BCUT2D eigenvalue weighted by Gasteiger charge is -2.12. The number of hydrogen-bond donors (Lipinski definition) is 1. The van der Waals surface area contributed by atoms with Crippen molar-refractivity contribution in [2.24, 2.45) is 5.10 Å². The average molecular weight is 669 g/mol. The molecule has 0 saturated heterocycles. The number of hydrazone groups is 1. The number of benzene rings is 4. The van der Waals surface area contributed by atoms with Crippen LogP contribution in [-0.4, -0.2) is 24.2 Å². The average Bonchev–Trinajstić information content (AvgIpc) is 2.96. The predicted molar refractivity (Wildman–Crippen MR) is 158 cm³/mol. The van der Waals surface area contributed by atoms with Crippen molar-refractivity contribution in [3.05, 3.63) is 126 Å². The Morgan fingerprint density at radius 1 is 0.900 bits per heavy atom. The summed E-state index contributed by atoms with van der Waals surface area (Å²) >= 11 is 6.98. The quantitative estimate of drug-likeness (QED) is 0.104. The smallest absolute Gasteiger partial charge is 0.271 e. The van der Waals surface area contributed by atoms with Crippen molar-refractivity contribution in [1.29, 1.82) is 0 Å². The Bertz CT molecular complexity index is 1510. The molecule has 0 aromatic heterocycles. The zero-order chi connectivity index (χ0) is 28.5. The van der Waals surface area contributed by atoms with Crippen LogP contribution in [0.25, 0.3) is 0 Å². The molecule has 1 N–H and O–H groups in total. The monoisotopic (exact) mass is 667 g/mol. The second-order valence-corrected chi connectivity index (χ2v) is 10.1. The van der Waals surface area contributed by atoms with Crippen LogP contribution >= 0.6 is 31.9 Å². The number of hydrogen-bond acceptors (Lipinski definition) is 7. The highest BCUT2D eigenvalue weighted by Gasteiger charge is 2.13. The van der Waals surface area contributed by atoms with Crippen molar-refractivity contribution in [3.8, 4) is 17.2 Å². The molecule has 0 fully saturated rings. The number of amides is 1. The van der Waals surface area contributed by atoms with Crippen molar-refractivity contribution in [2.45, 2.75) is 13.2 Å². The first kappa shape index (κ1) is 28.8. The van der Waals surface area contributed by atoms with E-state index >= 15 is 0 Å². The van der Waals surface area contributed by atoms with Crippen LogP contribution in [0.4, 0.5) is 5.69 Å². The maximum absolute atomic E-state index is 12.7. The molecule has 4 aromatic rings. The predicted octanol–water partition coefficient (Wildman–Crippen LogP) is 7.05. The highest BCUT2D eigenvalue weighted by atomic mass is 79.9. The molecule has 0 unspecified atom stereocenters. The molecule has 0 aliphatic heterocycles. The number of non-ortho nitro benzene ring substituents is 1. The van der Waals surface area contributed by atoms with E-state index in [-0.39, 0.29) is 12.3 Å². The zero-order valence-corrected chi connectivity index (χ0v) is 24.3. The molecule has 1 amide bonds. The molecule has 0 bridgehead atoms. The van der Waals surface area contributed by atoms with Crippen LogP contribution in [0.2, 0.25) is 0 Å². The molecule has 0 aliphatic rings. The van der Waals surface area contributed by atoms with Crippen molar-refractivity contribution < 1.29 is 23.9 Å². The van der Waals surface area contributed by atoms with E-state index in [1.807, 2.05) is 30.3 Å². The van der Waals surface area contributed by atoms with Crippen molar-refractivity contribution in [1.82, 2.24) is 5.43 Å². The van der Waals surface area contributed by atoms with Crippen molar-refractivity contribution >= 4 is 49.7 Å². The Morgan fingerprint density at radius 2 is 1.55 bits per heavy atom. The summed E-state index contributed by atoms with van der Waals surface area (Å²) in [5, 5.41) is 14.9. The molecule has 0 saturated carbocycles. The molecular formula is C29H23Br2N3O6. The first-order chi connectivity index (χ1) is 19.3. The third-order valence-electron chi connectivity index (χ3n) is 5.59. The summed E-state index contributed by atoms with van der Waals surface area (Å²) in [7, 11) is 1.51. The normalized spacial score (nSPS) is 10.8. The van der Waals surface area contributed by atoms with Gasteiger partial charge in [0.15, 0.2) is 11.5 Å². The summed E-state index contributed by atoms with van der Waals surface area (Å²) in [6.07, 6.45) is 1.50. The van der Waals surface area contributed by atoms with Crippen LogP contribution < -0.4 is 19.6 Å². The molecule has 4 rings (SSSR count). The van der Waals surface area contributed by atoms with Gasteiger partial charge in [-0.2, -0.15) is 5.10 Å². The zero-order valence-electron chi connectivity index (χ0n) is 21.2. The number of halogens is 2. The molecule has 9 nitrogen and oxygen atoms in total. The van der Waals surface area contributed by atoms with Gasteiger partial charge in [0.2, 0.25) is 0 Å². The number of rotatable bonds is 11. The van der Waals surface area contributed by atoms with Gasteiger partial charge in [-0.05, 0) is 91.0 Å². The largest absolute Gasteiger partial charge is 0.493 e. The summed E-state index contributed by atoms with van der Waals surface area (Å²) in [4.78, 5) is 23.0. The maximum atomic E-state index is 12.7. The Kier molecular flexibility index (Phi) is 9.87. The number of nitro benzene ring substituents is 1. The lowest BCUT2D eigenvalue weighted by Crippen LogP contribution is -2.17. The van der Waals surface area contributed by atoms with Gasteiger partial charge >= 0.3 is 0 Å². The van der Waals surface area contributed by atoms with Crippen LogP contribution in [0.15, 0.2) is 99.0 Å². The molecule has 0 aliphatic carbocycles. The van der Waals surface area contributed by atoms with E-state index in [0.29, 0.717) is 43.9 Å². The first-order valence-electron chi connectivity index (χ1n) is 11.9. The van der Waals surface area contributed by atoms with Gasteiger partial charge in [0.1, 0.15) is 19.0 Å². The van der Waals surface area contributed by atoms with E-state index < -0.39 is 10.8 Å². The number of carbonyl (C=O) groups is 1. The molecule has 4 aromatic carbocycles. The van der Waals surface area contributed by atoms with E-state index in [9.17, 15) is 14.9 Å². The van der Waals surface area contributed by atoms with E-state index in [1.54, 1.807) is 42.5 Å². The summed E-state index contributed by atoms with van der Waals surface area (Å²) in [5.41, 5.74) is 5.39. The summed E-state index contributed by atoms with van der Waals surface area (Å²) in [5.74, 6) is 1.10. The first-order valence-corrected chi connectivity index (χ1v) is 13.5. The Hall–Kier alpha value is -4.22. The molecule has 40 heavy (non-hydrogen) atoms. The molecular weight excluding hydrogens is 646 g/mol. The van der Waals surface area contributed by atoms with E-state index in [4.69, 9.17) is 14.2 Å². The van der Waals surface area contributed by atoms with Crippen LogP contribution in [-0.2, 0) is 13.2 Å². The molecule has 0 radical (unpaired) electrons. The fourth-order valence-corrected chi connectivity index (χ4v) is 5.01. The Balaban J connectivity index is 1.35. The summed E-state index contributed by atoms with van der Waals surface area (Å²) < 4.78 is 18.5. The SMILES string of the molecule is COc1cc(C(=O)N/N=C/c2cc(Br)c(OCc3ccc([N+](=O)[O-])cc3)c(Br)c2)ccc1OCc1ccccc1. The third-order valence-corrected chi connectivity index (χ3v) is 6.77. The fraction of sp³-hybridized carbons (Fsp3) is 0.103. The lowest BCUT2D eigenvalue weighted by molar-refractivity contribution is -0.384. The van der Waals surface area contributed by atoms with Crippen molar-refractivity contribution in [2.75, 3.05) is 7.11 Å². The van der Waals surface area contributed by atoms with Crippen molar-refractivity contribution in [3.63, 3.8) is 0 Å². The molecule has 0 spiro atoms. The summed E-state index contributed by atoms with van der Waals surface area (Å²) in [6.45, 7) is 0.595. The molecule has 204 valence electrons. The van der Waals surface area contributed by atoms with Gasteiger partial charge in [0, 0.05) is 17.7 Å². The van der Waals surface area contributed by atoms with Gasteiger partial charge in [-0.15, -0.1) is 0 Å². The molecule has 0 atom stereocenters. The number of nitro groups is 1. The number of nitrogens with one attached hydrogen (secondary N) is 1. The lowest BCUT2D eigenvalue weighted by atomic mass is 10.2.